The zero-order valence-corrected chi connectivity index (χ0v) is 14.4. The number of hydrogen-bond acceptors (Lipinski definition) is 6. The van der Waals surface area contributed by atoms with E-state index < -0.39 is 35.8 Å². The Labute approximate surface area is 155 Å². The van der Waals surface area contributed by atoms with Crippen LogP contribution in [0.25, 0.3) is 0 Å². The van der Waals surface area contributed by atoms with Crippen LogP contribution in [-0.2, 0) is 14.2 Å². The summed E-state index contributed by atoms with van der Waals surface area (Å²) in [6, 6.07) is 16.8. The topological polar surface area (TPSA) is 82.1 Å². The molecule has 0 aromatic heterocycles. The molecule has 3 rings (SSSR count). The van der Waals surface area contributed by atoms with E-state index in [1.165, 1.54) is 0 Å². The molecule has 1 fully saturated rings. The maximum Gasteiger partial charge on any atom is 0.338 e. The smallest absolute Gasteiger partial charge is 0.338 e. The molecule has 1 N–H and O–H groups in total. The minimum atomic E-state index is -1.33. The van der Waals surface area contributed by atoms with E-state index in [4.69, 9.17) is 25.8 Å². The van der Waals surface area contributed by atoms with Crippen LogP contribution in [0.3, 0.4) is 0 Å². The van der Waals surface area contributed by atoms with Crippen molar-refractivity contribution in [3.8, 4) is 0 Å². The summed E-state index contributed by atoms with van der Waals surface area (Å²) >= 11 is 6.09. The number of halogens is 1. The Bertz CT molecular complexity index is 751. The Hall–Kier alpha value is -2.41. The second kappa shape index (κ2) is 8.31. The summed E-state index contributed by atoms with van der Waals surface area (Å²) < 4.78 is 15.9. The van der Waals surface area contributed by atoms with Crippen LogP contribution in [0, 0.1) is 0 Å². The molecule has 0 amide bonds. The lowest BCUT2D eigenvalue weighted by molar-refractivity contribution is -0.109. The molecule has 1 aliphatic heterocycles. The molecule has 2 aromatic carbocycles. The van der Waals surface area contributed by atoms with Gasteiger partial charge in [-0.25, -0.2) is 9.59 Å². The van der Waals surface area contributed by atoms with Crippen molar-refractivity contribution in [3.63, 3.8) is 0 Å². The number of carbonyl (C=O) groups excluding carboxylic acids is 2. The van der Waals surface area contributed by atoms with Crippen molar-refractivity contribution in [2.45, 2.75) is 23.9 Å². The number of esters is 2. The molecule has 0 saturated carbocycles. The number of rotatable bonds is 5. The predicted octanol–water partition coefficient (Wildman–Crippen LogP) is 2.39. The van der Waals surface area contributed by atoms with Gasteiger partial charge < -0.3 is 19.3 Å². The molecule has 1 heterocycles. The van der Waals surface area contributed by atoms with Crippen LogP contribution in [-0.4, -0.2) is 47.5 Å². The maximum absolute atomic E-state index is 12.2. The Morgan fingerprint density at radius 1 is 0.962 bits per heavy atom. The minimum Gasteiger partial charge on any atom is -0.459 e. The molecule has 0 spiro atoms. The molecule has 4 atom stereocenters. The van der Waals surface area contributed by atoms with E-state index in [1.54, 1.807) is 60.7 Å². The van der Waals surface area contributed by atoms with Crippen molar-refractivity contribution in [2.24, 2.45) is 0 Å². The van der Waals surface area contributed by atoms with Crippen molar-refractivity contribution >= 4 is 23.5 Å². The van der Waals surface area contributed by atoms with Crippen molar-refractivity contribution in [3.05, 3.63) is 71.8 Å². The summed E-state index contributed by atoms with van der Waals surface area (Å²) in [5.74, 6) is -1.15. The molecular weight excluding hydrogens is 360 g/mol. The van der Waals surface area contributed by atoms with Crippen LogP contribution < -0.4 is 0 Å². The first-order valence-corrected chi connectivity index (χ1v) is 8.45. The standard InChI is InChI=1S/C19H17ClO6/c20-15-16(26-18(22)13-9-5-2-6-10-13)14(25-19(15)23)11-24-17(21)12-7-3-1-4-8-12/h1-10,14-16,19,23H,11H2/t14-,15-,16-,19+/m0/s1. The molecule has 0 radical (unpaired) electrons. The van der Waals surface area contributed by atoms with Gasteiger partial charge in [0.2, 0.25) is 0 Å². The van der Waals surface area contributed by atoms with Gasteiger partial charge >= 0.3 is 11.9 Å². The average molecular weight is 377 g/mol. The SMILES string of the molecule is O=C(OC[C@@H]1O[C@@H](O)[C@@H](Cl)[C@H]1OC(=O)c1ccccc1)c1ccccc1. The molecule has 2 aromatic rings. The molecular formula is C19H17ClO6. The lowest BCUT2D eigenvalue weighted by Gasteiger charge is -2.20. The number of carbonyl (C=O) groups is 2. The van der Waals surface area contributed by atoms with E-state index in [1.807, 2.05) is 0 Å². The van der Waals surface area contributed by atoms with Gasteiger partial charge in [0.1, 0.15) is 18.1 Å². The van der Waals surface area contributed by atoms with Gasteiger partial charge in [-0.15, -0.1) is 11.6 Å². The third-order valence-electron chi connectivity index (χ3n) is 3.91. The van der Waals surface area contributed by atoms with E-state index in [2.05, 4.69) is 0 Å². The number of alkyl halides is 1. The quantitative estimate of drug-likeness (QED) is 0.637. The third kappa shape index (κ3) is 4.22. The van der Waals surface area contributed by atoms with E-state index in [0.29, 0.717) is 11.1 Å². The Morgan fingerprint density at radius 3 is 2.08 bits per heavy atom. The summed E-state index contributed by atoms with van der Waals surface area (Å²) in [7, 11) is 0. The number of aliphatic hydroxyl groups is 1. The highest BCUT2D eigenvalue weighted by Gasteiger charge is 2.46. The third-order valence-corrected chi connectivity index (χ3v) is 4.37. The molecule has 1 saturated heterocycles. The molecule has 6 nitrogen and oxygen atoms in total. The maximum atomic E-state index is 12.2. The molecule has 0 aliphatic carbocycles. The largest absolute Gasteiger partial charge is 0.459 e. The van der Waals surface area contributed by atoms with Crippen LogP contribution in [0.1, 0.15) is 20.7 Å². The van der Waals surface area contributed by atoms with Gasteiger partial charge in [0.05, 0.1) is 11.1 Å². The molecule has 136 valence electrons. The van der Waals surface area contributed by atoms with Crippen molar-refractivity contribution in [2.75, 3.05) is 6.61 Å². The minimum absolute atomic E-state index is 0.208. The highest BCUT2D eigenvalue weighted by atomic mass is 35.5. The molecule has 0 unspecified atom stereocenters. The Kier molecular flexibility index (Phi) is 5.88. The molecule has 0 bridgehead atoms. The normalized spacial score (nSPS) is 24.8. The first kappa shape index (κ1) is 18.4. The molecule has 26 heavy (non-hydrogen) atoms. The van der Waals surface area contributed by atoms with Gasteiger partial charge in [0.15, 0.2) is 12.4 Å². The van der Waals surface area contributed by atoms with E-state index in [-0.39, 0.29) is 6.61 Å². The van der Waals surface area contributed by atoms with Gasteiger partial charge in [-0.05, 0) is 24.3 Å². The van der Waals surface area contributed by atoms with Gasteiger partial charge in [0.25, 0.3) is 0 Å². The fourth-order valence-electron chi connectivity index (χ4n) is 2.56. The van der Waals surface area contributed by atoms with E-state index >= 15 is 0 Å². The predicted molar refractivity (Wildman–Crippen MR) is 92.9 cm³/mol. The van der Waals surface area contributed by atoms with Gasteiger partial charge in [-0.1, -0.05) is 36.4 Å². The van der Waals surface area contributed by atoms with Crippen molar-refractivity contribution in [1.82, 2.24) is 0 Å². The summed E-state index contributed by atoms with van der Waals surface area (Å²) in [6.07, 6.45) is -3.15. The van der Waals surface area contributed by atoms with E-state index in [9.17, 15) is 14.7 Å². The lowest BCUT2D eigenvalue weighted by atomic mass is 10.1. The lowest BCUT2D eigenvalue weighted by Crippen LogP contribution is -2.36. The highest BCUT2D eigenvalue weighted by Crippen LogP contribution is 2.28. The van der Waals surface area contributed by atoms with Crippen molar-refractivity contribution < 1.29 is 28.9 Å². The summed E-state index contributed by atoms with van der Waals surface area (Å²) in [5.41, 5.74) is 0.726. The first-order chi connectivity index (χ1) is 12.6. The average Bonchev–Trinajstić information content (AvgIpc) is 2.95. The zero-order chi connectivity index (χ0) is 18.5. The number of hydrogen-bond donors (Lipinski definition) is 1. The number of benzene rings is 2. The highest BCUT2D eigenvalue weighted by molar-refractivity contribution is 6.21. The second-order valence-corrected chi connectivity index (χ2v) is 6.21. The van der Waals surface area contributed by atoms with Gasteiger partial charge in [0, 0.05) is 0 Å². The first-order valence-electron chi connectivity index (χ1n) is 8.02. The summed E-state index contributed by atoms with van der Waals surface area (Å²) in [4.78, 5) is 24.3. The van der Waals surface area contributed by atoms with Crippen LogP contribution in [0.4, 0.5) is 0 Å². The monoisotopic (exact) mass is 376 g/mol. The Balaban J connectivity index is 1.63. The van der Waals surface area contributed by atoms with Crippen LogP contribution in [0.15, 0.2) is 60.7 Å². The van der Waals surface area contributed by atoms with Gasteiger partial charge in [-0.3, -0.25) is 0 Å². The van der Waals surface area contributed by atoms with E-state index in [0.717, 1.165) is 0 Å². The fraction of sp³-hybridized carbons (Fsp3) is 0.263. The number of ether oxygens (including phenoxy) is 3. The zero-order valence-electron chi connectivity index (χ0n) is 13.7. The van der Waals surface area contributed by atoms with Crippen LogP contribution >= 0.6 is 11.6 Å². The fourth-order valence-corrected chi connectivity index (χ4v) is 2.83. The molecule has 1 aliphatic rings. The molecule has 7 heteroatoms. The Morgan fingerprint density at radius 2 is 1.50 bits per heavy atom. The van der Waals surface area contributed by atoms with Crippen LogP contribution in [0.5, 0.6) is 0 Å². The second-order valence-electron chi connectivity index (χ2n) is 5.71. The summed E-state index contributed by atoms with van der Waals surface area (Å²) in [5, 5.41) is 8.85. The number of aliphatic hydroxyl groups excluding tert-OH is 1. The van der Waals surface area contributed by atoms with Gasteiger partial charge in [-0.2, -0.15) is 0 Å². The van der Waals surface area contributed by atoms with Crippen LogP contribution in [0.2, 0.25) is 0 Å². The van der Waals surface area contributed by atoms with Crippen molar-refractivity contribution in [1.29, 1.82) is 0 Å². The summed E-state index contributed by atoms with van der Waals surface area (Å²) in [6.45, 7) is -0.208.